The summed E-state index contributed by atoms with van der Waals surface area (Å²) in [4.78, 5) is 24.7. The number of carbonyl (C=O) groups excluding carboxylic acids is 1. The van der Waals surface area contributed by atoms with Gasteiger partial charge in [-0.3, -0.25) is 4.90 Å². The number of hydrogen-bond acceptors (Lipinski definition) is 3. The van der Waals surface area contributed by atoms with Gasteiger partial charge in [0, 0.05) is 11.8 Å². The molecule has 2 unspecified atom stereocenters. The lowest BCUT2D eigenvalue weighted by Crippen LogP contribution is -2.52. The lowest BCUT2D eigenvalue weighted by Gasteiger charge is -2.28. The van der Waals surface area contributed by atoms with Crippen molar-refractivity contribution < 1.29 is 14.7 Å². The second kappa shape index (κ2) is 4.76. The van der Waals surface area contributed by atoms with Gasteiger partial charge in [-0.05, 0) is 32.6 Å². The summed E-state index contributed by atoms with van der Waals surface area (Å²) in [6, 6.07) is -0.888. The fourth-order valence-corrected chi connectivity index (χ4v) is 3.67. The molecule has 1 saturated heterocycles. The summed E-state index contributed by atoms with van der Waals surface area (Å²) in [6.45, 7) is 3.76. The summed E-state index contributed by atoms with van der Waals surface area (Å²) < 4.78 is 0. The molecule has 96 valence electrons. The molecule has 0 aromatic heterocycles. The molecular weight excluding hydrogens is 240 g/mol. The summed E-state index contributed by atoms with van der Waals surface area (Å²) in [7, 11) is 0. The first-order chi connectivity index (χ1) is 8.00. The number of urea groups is 1. The molecule has 5 nitrogen and oxygen atoms in total. The topological polar surface area (TPSA) is 69.6 Å². The fraction of sp³-hybridized carbons (Fsp3) is 0.818. The van der Waals surface area contributed by atoms with Gasteiger partial charge in [0.05, 0.1) is 5.37 Å². The number of carboxylic acid groups (broad SMARTS) is 1. The minimum Gasteiger partial charge on any atom is -0.480 e. The highest BCUT2D eigenvalue weighted by atomic mass is 32.2. The van der Waals surface area contributed by atoms with Crippen molar-refractivity contribution in [3.8, 4) is 0 Å². The molecule has 2 N–H and O–H groups in total. The van der Waals surface area contributed by atoms with Crippen molar-refractivity contribution in [3.05, 3.63) is 0 Å². The Balaban J connectivity index is 2.10. The van der Waals surface area contributed by atoms with E-state index in [1.165, 1.54) is 4.90 Å². The monoisotopic (exact) mass is 258 g/mol. The van der Waals surface area contributed by atoms with E-state index < -0.39 is 12.0 Å². The van der Waals surface area contributed by atoms with Crippen LogP contribution in [-0.2, 0) is 4.79 Å². The van der Waals surface area contributed by atoms with Crippen LogP contribution in [0.3, 0.4) is 0 Å². The Hall–Kier alpha value is -0.910. The average Bonchev–Trinajstić information content (AvgIpc) is 2.95. The molecule has 1 saturated carbocycles. The third kappa shape index (κ3) is 2.68. The van der Waals surface area contributed by atoms with Gasteiger partial charge in [0.25, 0.3) is 0 Å². The van der Waals surface area contributed by atoms with E-state index >= 15 is 0 Å². The van der Waals surface area contributed by atoms with E-state index in [-0.39, 0.29) is 17.4 Å². The standard InChI is InChI=1S/C11H18N2O3S/c1-6(2)12-11(16)13-8(10(14)15)5-17-9(13)7-3-4-7/h6-9H,3-5H2,1-2H3,(H,12,16)(H,14,15). The largest absolute Gasteiger partial charge is 0.480 e. The first-order valence-corrected chi connectivity index (χ1v) is 6.99. The van der Waals surface area contributed by atoms with Gasteiger partial charge in [-0.2, -0.15) is 0 Å². The SMILES string of the molecule is CC(C)NC(=O)N1C(C(=O)O)CSC1C1CC1. The number of rotatable bonds is 3. The molecule has 6 heteroatoms. The van der Waals surface area contributed by atoms with Gasteiger partial charge < -0.3 is 10.4 Å². The van der Waals surface area contributed by atoms with E-state index in [1.807, 2.05) is 13.8 Å². The number of carbonyl (C=O) groups is 2. The average molecular weight is 258 g/mol. The Morgan fingerprint density at radius 1 is 1.41 bits per heavy atom. The van der Waals surface area contributed by atoms with Crippen molar-refractivity contribution in [2.24, 2.45) is 5.92 Å². The summed E-state index contributed by atoms with van der Waals surface area (Å²) in [5.74, 6) is 0.0870. The Morgan fingerprint density at radius 2 is 2.06 bits per heavy atom. The zero-order valence-electron chi connectivity index (χ0n) is 10.0. The van der Waals surface area contributed by atoms with E-state index in [1.54, 1.807) is 11.8 Å². The highest BCUT2D eigenvalue weighted by Crippen LogP contribution is 2.45. The van der Waals surface area contributed by atoms with Crippen LogP contribution in [0.25, 0.3) is 0 Å². The van der Waals surface area contributed by atoms with Crippen molar-refractivity contribution >= 4 is 23.8 Å². The number of nitrogens with one attached hydrogen (secondary N) is 1. The molecule has 0 spiro atoms. The van der Waals surface area contributed by atoms with E-state index in [9.17, 15) is 9.59 Å². The van der Waals surface area contributed by atoms with E-state index in [2.05, 4.69) is 5.32 Å². The second-order valence-electron chi connectivity index (χ2n) is 4.93. The lowest BCUT2D eigenvalue weighted by atomic mass is 10.2. The molecule has 0 aromatic carbocycles. The van der Waals surface area contributed by atoms with Gasteiger partial charge in [-0.25, -0.2) is 9.59 Å². The van der Waals surface area contributed by atoms with Crippen LogP contribution in [0.1, 0.15) is 26.7 Å². The third-order valence-corrected chi connectivity index (χ3v) is 4.45. The molecule has 0 radical (unpaired) electrons. The molecule has 2 rings (SSSR count). The number of amides is 2. The van der Waals surface area contributed by atoms with Gasteiger partial charge >= 0.3 is 12.0 Å². The Bertz CT molecular complexity index is 331. The maximum atomic E-state index is 12.1. The van der Waals surface area contributed by atoms with Crippen LogP contribution in [0.4, 0.5) is 4.79 Å². The molecule has 2 aliphatic rings. The number of hydrogen-bond donors (Lipinski definition) is 2. The molecule has 1 heterocycles. The van der Waals surface area contributed by atoms with Crippen LogP contribution in [0.15, 0.2) is 0 Å². The fourth-order valence-electron chi connectivity index (χ4n) is 2.04. The van der Waals surface area contributed by atoms with Crippen LogP contribution in [0.2, 0.25) is 0 Å². The van der Waals surface area contributed by atoms with Crippen molar-refractivity contribution in [2.75, 3.05) is 5.75 Å². The Labute approximate surface area is 105 Å². The highest BCUT2D eigenvalue weighted by molar-refractivity contribution is 8.00. The Kier molecular flexibility index (Phi) is 3.51. The lowest BCUT2D eigenvalue weighted by molar-refractivity contribution is -0.141. The highest BCUT2D eigenvalue weighted by Gasteiger charge is 2.48. The van der Waals surface area contributed by atoms with E-state index in [0.29, 0.717) is 11.7 Å². The normalized spacial score (nSPS) is 28.5. The summed E-state index contributed by atoms with van der Waals surface area (Å²) >= 11 is 1.60. The molecular formula is C11H18N2O3S. The smallest absolute Gasteiger partial charge is 0.327 e. The quantitative estimate of drug-likeness (QED) is 0.801. The van der Waals surface area contributed by atoms with Crippen LogP contribution < -0.4 is 5.32 Å². The third-order valence-electron chi connectivity index (χ3n) is 2.99. The van der Waals surface area contributed by atoms with Crippen LogP contribution in [0.5, 0.6) is 0 Å². The maximum absolute atomic E-state index is 12.1. The second-order valence-corrected chi connectivity index (χ2v) is 6.08. The van der Waals surface area contributed by atoms with Gasteiger partial charge in [-0.1, -0.05) is 0 Å². The molecule has 0 bridgehead atoms. The molecule has 17 heavy (non-hydrogen) atoms. The summed E-state index contributed by atoms with van der Waals surface area (Å²) in [6.07, 6.45) is 2.21. The predicted molar refractivity (Wildman–Crippen MR) is 65.9 cm³/mol. The van der Waals surface area contributed by atoms with Gasteiger partial charge in [-0.15, -0.1) is 11.8 Å². The zero-order valence-corrected chi connectivity index (χ0v) is 10.9. The van der Waals surface area contributed by atoms with Crippen LogP contribution in [0, 0.1) is 5.92 Å². The summed E-state index contributed by atoms with van der Waals surface area (Å²) in [5, 5.41) is 12.0. The van der Waals surface area contributed by atoms with E-state index in [0.717, 1.165) is 12.8 Å². The van der Waals surface area contributed by atoms with Crippen molar-refractivity contribution in [3.63, 3.8) is 0 Å². The maximum Gasteiger partial charge on any atom is 0.327 e. The number of nitrogens with zero attached hydrogens (tertiary/aromatic N) is 1. The first kappa shape index (κ1) is 12.5. The van der Waals surface area contributed by atoms with Crippen LogP contribution >= 0.6 is 11.8 Å². The minimum atomic E-state index is -0.903. The number of aliphatic carboxylic acids is 1. The molecule has 1 aliphatic carbocycles. The van der Waals surface area contributed by atoms with Crippen molar-refractivity contribution in [1.82, 2.24) is 10.2 Å². The minimum absolute atomic E-state index is 0.0300. The van der Waals surface area contributed by atoms with Crippen molar-refractivity contribution in [2.45, 2.75) is 44.1 Å². The van der Waals surface area contributed by atoms with Crippen LogP contribution in [-0.4, -0.2) is 45.2 Å². The van der Waals surface area contributed by atoms with Crippen molar-refractivity contribution in [1.29, 1.82) is 0 Å². The molecule has 2 atom stereocenters. The van der Waals surface area contributed by atoms with Gasteiger partial charge in [0.15, 0.2) is 0 Å². The first-order valence-electron chi connectivity index (χ1n) is 5.94. The zero-order chi connectivity index (χ0) is 12.6. The van der Waals surface area contributed by atoms with Gasteiger partial charge in [0.2, 0.25) is 0 Å². The summed E-state index contributed by atoms with van der Waals surface area (Å²) in [5.41, 5.74) is 0. The van der Waals surface area contributed by atoms with E-state index in [4.69, 9.17) is 5.11 Å². The van der Waals surface area contributed by atoms with Gasteiger partial charge in [0.1, 0.15) is 6.04 Å². The number of carboxylic acids is 1. The predicted octanol–water partition coefficient (Wildman–Crippen LogP) is 1.34. The molecule has 0 aromatic rings. The molecule has 2 fully saturated rings. The molecule has 1 aliphatic heterocycles. The Morgan fingerprint density at radius 3 is 2.53 bits per heavy atom. The molecule has 2 amide bonds. The number of thioether (sulfide) groups is 1.